The predicted octanol–water partition coefficient (Wildman–Crippen LogP) is -2.83. The zero-order chi connectivity index (χ0) is 26.5. The Balaban J connectivity index is 2.88. The van der Waals surface area contributed by atoms with E-state index in [-0.39, 0.29) is 25.0 Å². The lowest BCUT2D eigenvalue weighted by Crippen LogP contribution is -2.58. The number of carboxylic acid groups (broad SMARTS) is 1. The van der Waals surface area contributed by atoms with Crippen LogP contribution in [0.2, 0.25) is 0 Å². The van der Waals surface area contributed by atoms with E-state index >= 15 is 0 Å². The van der Waals surface area contributed by atoms with E-state index in [4.69, 9.17) is 17.2 Å². The van der Waals surface area contributed by atoms with E-state index < -0.39 is 66.1 Å². The highest BCUT2D eigenvalue weighted by Crippen LogP contribution is 2.05. The summed E-state index contributed by atoms with van der Waals surface area (Å²) in [6.07, 6.45) is -0.855. The molecule has 0 aromatic heterocycles. The topological polar surface area (TPSA) is 237 Å². The zero-order valence-electron chi connectivity index (χ0n) is 18.8. The second kappa shape index (κ2) is 14.6. The fourth-order valence-corrected chi connectivity index (χ4v) is 3.16. The quantitative estimate of drug-likeness (QED) is 0.114. The van der Waals surface area contributed by atoms with Crippen molar-refractivity contribution in [1.29, 1.82) is 0 Å². The van der Waals surface area contributed by atoms with Crippen LogP contribution in [0, 0.1) is 0 Å². The highest BCUT2D eigenvalue weighted by atomic mass is 32.1. The molecule has 0 aliphatic carbocycles. The van der Waals surface area contributed by atoms with Crippen LogP contribution in [0.5, 0.6) is 0 Å². The van der Waals surface area contributed by atoms with Crippen LogP contribution < -0.4 is 33.2 Å². The van der Waals surface area contributed by atoms with Crippen LogP contribution in [0.25, 0.3) is 0 Å². The molecule has 4 unspecified atom stereocenters. The Morgan fingerprint density at radius 2 is 1.37 bits per heavy atom. The van der Waals surface area contributed by atoms with E-state index in [9.17, 15) is 33.9 Å². The van der Waals surface area contributed by atoms with Gasteiger partial charge in [-0.25, -0.2) is 4.79 Å². The van der Waals surface area contributed by atoms with Crippen LogP contribution in [0.3, 0.4) is 0 Å². The van der Waals surface area contributed by atoms with Crippen LogP contribution in [0.15, 0.2) is 30.3 Å². The van der Waals surface area contributed by atoms with Crippen molar-refractivity contribution in [1.82, 2.24) is 16.0 Å². The summed E-state index contributed by atoms with van der Waals surface area (Å²) in [4.78, 5) is 71.6. The van der Waals surface area contributed by atoms with Crippen molar-refractivity contribution < 1.29 is 33.9 Å². The number of rotatable bonds is 15. The van der Waals surface area contributed by atoms with Crippen molar-refractivity contribution in [2.24, 2.45) is 17.2 Å². The third-order valence-electron chi connectivity index (χ3n) is 4.79. The van der Waals surface area contributed by atoms with Gasteiger partial charge in [0, 0.05) is 18.6 Å². The molecule has 0 aliphatic rings. The van der Waals surface area contributed by atoms with Gasteiger partial charge in [0.05, 0.1) is 12.5 Å². The van der Waals surface area contributed by atoms with E-state index in [0.717, 1.165) is 0 Å². The fraction of sp³-hybridized carbons (Fsp3) is 0.429. The third-order valence-corrected chi connectivity index (χ3v) is 5.15. The zero-order valence-corrected chi connectivity index (χ0v) is 19.7. The molecule has 1 rings (SSSR count). The molecule has 35 heavy (non-hydrogen) atoms. The summed E-state index contributed by atoms with van der Waals surface area (Å²) in [7, 11) is 0. The van der Waals surface area contributed by atoms with Gasteiger partial charge in [-0.15, -0.1) is 0 Å². The Hall–Kier alpha value is -3.65. The fourth-order valence-electron chi connectivity index (χ4n) is 2.91. The molecule has 0 heterocycles. The van der Waals surface area contributed by atoms with Gasteiger partial charge in [0.15, 0.2) is 0 Å². The number of primary amides is 2. The Morgan fingerprint density at radius 1 is 0.829 bits per heavy atom. The molecule has 0 spiro atoms. The number of carbonyl (C=O) groups excluding carboxylic acids is 5. The number of nitrogens with one attached hydrogen (secondary N) is 3. The summed E-state index contributed by atoms with van der Waals surface area (Å²) < 4.78 is 0. The molecule has 0 radical (unpaired) electrons. The number of nitrogens with two attached hydrogens (primary N) is 3. The summed E-state index contributed by atoms with van der Waals surface area (Å²) in [6.45, 7) is 0. The van der Waals surface area contributed by atoms with Crippen molar-refractivity contribution in [3.8, 4) is 0 Å². The average molecular weight is 511 g/mol. The summed E-state index contributed by atoms with van der Waals surface area (Å²) in [6, 6.07) is 3.27. The highest BCUT2D eigenvalue weighted by Gasteiger charge is 2.31. The molecule has 1 aromatic rings. The number of carboxylic acids is 1. The van der Waals surface area contributed by atoms with E-state index in [1.165, 1.54) is 0 Å². The van der Waals surface area contributed by atoms with Gasteiger partial charge in [-0.3, -0.25) is 24.0 Å². The number of thiol groups is 1. The van der Waals surface area contributed by atoms with E-state index in [0.29, 0.717) is 5.56 Å². The van der Waals surface area contributed by atoms with Crippen molar-refractivity contribution in [2.75, 3.05) is 5.75 Å². The number of carbonyl (C=O) groups is 6. The van der Waals surface area contributed by atoms with Crippen LogP contribution in [0.4, 0.5) is 0 Å². The molecule has 0 aliphatic heterocycles. The Labute approximate surface area is 206 Å². The minimum absolute atomic E-state index is 0.0440. The van der Waals surface area contributed by atoms with Gasteiger partial charge >= 0.3 is 5.97 Å². The summed E-state index contributed by atoms with van der Waals surface area (Å²) in [5.74, 6) is -5.70. The monoisotopic (exact) mass is 510 g/mol. The summed E-state index contributed by atoms with van der Waals surface area (Å²) >= 11 is 4.00. The Kier molecular flexibility index (Phi) is 12.2. The first kappa shape index (κ1) is 29.4. The second-order valence-corrected chi connectivity index (χ2v) is 8.04. The van der Waals surface area contributed by atoms with Crippen molar-refractivity contribution in [2.45, 2.75) is 49.9 Å². The van der Waals surface area contributed by atoms with Crippen LogP contribution in [0.1, 0.15) is 24.8 Å². The molecule has 0 bridgehead atoms. The molecule has 0 fully saturated rings. The van der Waals surface area contributed by atoms with Crippen LogP contribution in [-0.2, 0) is 35.2 Å². The highest BCUT2D eigenvalue weighted by molar-refractivity contribution is 7.80. The third kappa shape index (κ3) is 10.9. The minimum Gasteiger partial charge on any atom is -0.480 e. The number of aliphatic carboxylic acids is 1. The van der Waals surface area contributed by atoms with Gasteiger partial charge in [-0.05, 0) is 12.0 Å². The number of amides is 5. The predicted molar refractivity (Wildman–Crippen MR) is 128 cm³/mol. The lowest BCUT2D eigenvalue weighted by molar-refractivity contribution is -0.142. The standard InChI is InChI=1S/C21H30N6O7S/c22-12(6-7-16(23)28)18(30)27-15(10-35)20(32)25-13(9-17(24)29)19(31)26-14(21(33)34)8-11-4-2-1-3-5-11/h1-5,12-15,35H,6-10,22H2,(H2,23,28)(H2,24,29)(H,25,32)(H,26,31)(H,27,30)(H,33,34). The van der Waals surface area contributed by atoms with Crippen LogP contribution >= 0.6 is 12.6 Å². The molecule has 0 saturated heterocycles. The van der Waals surface area contributed by atoms with E-state index in [2.05, 4.69) is 28.6 Å². The van der Waals surface area contributed by atoms with Gasteiger partial charge in [-0.1, -0.05) is 30.3 Å². The lowest BCUT2D eigenvalue weighted by Gasteiger charge is -2.24. The molecule has 5 amide bonds. The Morgan fingerprint density at radius 3 is 1.89 bits per heavy atom. The van der Waals surface area contributed by atoms with Crippen molar-refractivity contribution >= 4 is 48.1 Å². The average Bonchev–Trinajstić information content (AvgIpc) is 2.79. The van der Waals surface area contributed by atoms with Gasteiger partial charge in [-0.2, -0.15) is 12.6 Å². The number of benzene rings is 1. The molecule has 192 valence electrons. The van der Waals surface area contributed by atoms with Crippen molar-refractivity contribution in [3.63, 3.8) is 0 Å². The molecule has 10 N–H and O–H groups in total. The Bertz CT molecular complexity index is 930. The summed E-state index contributed by atoms with van der Waals surface area (Å²) in [5, 5.41) is 16.4. The molecule has 14 heteroatoms. The second-order valence-electron chi connectivity index (χ2n) is 7.68. The first-order chi connectivity index (χ1) is 16.4. The maximum absolute atomic E-state index is 12.7. The maximum atomic E-state index is 12.7. The molecule has 1 aromatic carbocycles. The molecule has 4 atom stereocenters. The molecule has 13 nitrogen and oxygen atoms in total. The largest absolute Gasteiger partial charge is 0.480 e. The first-order valence-corrected chi connectivity index (χ1v) is 11.2. The van der Waals surface area contributed by atoms with Gasteiger partial charge in [0.2, 0.25) is 29.5 Å². The number of hydrogen-bond donors (Lipinski definition) is 8. The smallest absolute Gasteiger partial charge is 0.326 e. The maximum Gasteiger partial charge on any atom is 0.326 e. The molecule has 0 saturated carbocycles. The molecular formula is C21H30N6O7S. The normalized spacial score (nSPS) is 14.0. The van der Waals surface area contributed by atoms with Crippen molar-refractivity contribution in [3.05, 3.63) is 35.9 Å². The summed E-state index contributed by atoms with van der Waals surface area (Å²) in [5.41, 5.74) is 16.5. The first-order valence-electron chi connectivity index (χ1n) is 10.6. The van der Waals surface area contributed by atoms with Crippen LogP contribution in [-0.4, -0.2) is 70.5 Å². The van der Waals surface area contributed by atoms with Gasteiger partial charge in [0.1, 0.15) is 18.1 Å². The van der Waals surface area contributed by atoms with E-state index in [1.807, 2.05) is 0 Å². The SMILES string of the molecule is NC(=O)CCC(N)C(=O)NC(CS)C(=O)NC(CC(N)=O)C(=O)NC(Cc1ccccc1)C(=O)O. The van der Waals surface area contributed by atoms with Gasteiger partial charge in [0.25, 0.3) is 0 Å². The van der Waals surface area contributed by atoms with Gasteiger partial charge < -0.3 is 38.3 Å². The molecular weight excluding hydrogens is 480 g/mol. The minimum atomic E-state index is -1.51. The van der Waals surface area contributed by atoms with E-state index in [1.54, 1.807) is 30.3 Å². The lowest BCUT2D eigenvalue weighted by atomic mass is 10.0. The number of hydrogen-bond acceptors (Lipinski definition) is 8.